The summed E-state index contributed by atoms with van der Waals surface area (Å²) in [6.45, 7) is 1.02. The number of hydrogen-bond donors (Lipinski definition) is 1. The third-order valence-corrected chi connectivity index (χ3v) is 2.36. The fraction of sp³-hybridized carbons (Fsp3) is 0.400. The fourth-order valence-electron chi connectivity index (χ4n) is 1.48. The Morgan fingerprint density at radius 1 is 1.46 bits per heavy atom. The first-order chi connectivity index (χ1) is 6.29. The van der Waals surface area contributed by atoms with Gasteiger partial charge in [0.15, 0.2) is 0 Å². The van der Waals surface area contributed by atoms with Crippen LogP contribution in [-0.4, -0.2) is 13.7 Å². The van der Waals surface area contributed by atoms with E-state index in [9.17, 15) is 4.39 Å². The first-order valence-electron chi connectivity index (χ1n) is 4.37. The average molecular weight is 181 g/mol. The minimum absolute atomic E-state index is 0.233. The van der Waals surface area contributed by atoms with Crippen molar-refractivity contribution >= 4 is 0 Å². The maximum atomic E-state index is 13.0. The van der Waals surface area contributed by atoms with Crippen LogP contribution in [0.4, 0.5) is 4.39 Å². The molecular formula is C10H12FNO. The minimum Gasteiger partial charge on any atom is -0.497 e. The quantitative estimate of drug-likeness (QED) is 0.752. The number of methoxy groups -OCH3 is 1. The second kappa shape index (κ2) is 3.34. The molecule has 3 heteroatoms. The van der Waals surface area contributed by atoms with Crippen molar-refractivity contribution in [2.75, 3.05) is 13.7 Å². The highest BCUT2D eigenvalue weighted by Crippen LogP contribution is 2.26. The van der Waals surface area contributed by atoms with E-state index in [0.717, 1.165) is 18.5 Å². The summed E-state index contributed by atoms with van der Waals surface area (Å²) in [6.07, 6.45) is 1.08. The molecule has 1 unspecified atom stereocenters. The Morgan fingerprint density at radius 2 is 2.23 bits per heavy atom. The van der Waals surface area contributed by atoms with Gasteiger partial charge in [-0.15, -0.1) is 0 Å². The molecule has 0 saturated carbocycles. The van der Waals surface area contributed by atoms with Crippen molar-refractivity contribution in [2.24, 2.45) is 0 Å². The van der Waals surface area contributed by atoms with Crippen LogP contribution in [-0.2, 0) is 0 Å². The molecule has 1 heterocycles. The van der Waals surface area contributed by atoms with Gasteiger partial charge in [0.2, 0.25) is 0 Å². The number of ether oxygens (including phenoxy) is 1. The van der Waals surface area contributed by atoms with Crippen LogP contribution in [0.5, 0.6) is 5.75 Å². The zero-order chi connectivity index (χ0) is 9.26. The molecule has 1 saturated heterocycles. The first kappa shape index (κ1) is 8.51. The standard InChI is InChI=1S/C10H12FNO/c1-13-9-5-7(4-8(11)6-9)10-2-3-12-10/h4-6,10,12H,2-3H2,1H3. The van der Waals surface area contributed by atoms with Gasteiger partial charge in [-0.1, -0.05) is 0 Å². The Morgan fingerprint density at radius 3 is 2.77 bits per heavy atom. The van der Waals surface area contributed by atoms with Crippen LogP contribution in [0.1, 0.15) is 18.0 Å². The minimum atomic E-state index is -0.233. The summed E-state index contributed by atoms with van der Waals surface area (Å²) in [5.74, 6) is 0.353. The lowest BCUT2D eigenvalue weighted by Gasteiger charge is -2.28. The summed E-state index contributed by atoms with van der Waals surface area (Å²) < 4.78 is 18.0. The van der Waals surface area contributed by atoms with E-state index in [0.29, 0.717) is 11.8 Å². The van der Waals surface area contributed by atoms with Gasteiger partial charge in [0.1, 0.15) is 11.6 Å². The molecule has 2 rings (SSSR count). The molecule has 1 aliphatic heterocycles. The van der Waals surface area contributed by atoms with Crippen LogP contribution >= 0.6 is 0 Å². The second-order valence-electron chi connectivity index (χ2n) is 3.22. The van der Waals surface area contributed by atoms with E-state index >= 15 is 0 Å². The molecule has 0 aliphatic carbocycles. The van der Waals surface area contributed by atoms with Crippen LogP contribution in [0.2, 0.25) is 0 Å². The summed E-state index contributed by atoms with van der Waals surface area (Å²) in [6, 6.07) is 5.13. The Labute approximate surface area is 76.7 Å². The number of rotatable bonds is 2. The molecule has 0 amide bonds. The maximum Gasteiger partial charge on any atom is 0.127 e. The largest absolute Gasteiger partial charge is 0.497 e. The van der Waals surface area contributed by atoms with Gasteiger partial charge in [-0.3, -0.25) is 0 Å². The lowest BCUT2D eigenvalue weighted by molar-refractivity contribution is 0.375. The molecule has 0 aromatic heterocycles. The smallest absolute Gasteiger partial charge is 0.127 e. The molecule has 70 valence electrons. The van der Waals surface area contributed by atoms with Crippen LogP contribution in [0.25, 0.3) is 0 Å². The summed E-state index contributed by atoms with van der Waals surface area (Å²) in [5.41, 5.74) is 0.975. The Kier molecular flexibility index (Phi) is 2.19. The second-order valence-corrected chi connectivity index (χ2v) is 3.22. The summed E-state index contributed by atoms with van der Waals surface area (Å²) in [5, 5.41) is 3.22. The average Bonchev–Trinajstić information content (AvgIpc) is 2.00. The number of nitrogens with one attached hydrogen (secondary N) is 1. The topological polar surface area (TPSA) is 21.3 Å². The van der Waals surface area contributed by atoms with Gasteiger partial charge < -0.3 is 10.1 Å². The van der Waals surface area contributed by atoms with Crippen LogP contribution in [0.15, 0.2) is 18.2 Å². The lowest BCUT2D eigenvalue weighted by Crippen LogP contribution is -2.34. The Hall–Kier alpha value is -1.09. The van der Waals surface area contributed by atoms with Crippen molar-refractivity contribution in [3.8, 4) is 5.75 Å². The van der Waals surface area contributed by atoms with E-state index in [-0.39, 0.29) is 5.82 Å². The maximum absolute atomic E-state index is 13.0. The molecule has 1 N–H and O–H groups in total. The predicted molar refractivity (Wildman–Crippen MR) is 48.3 cm³/mol. The van der Waals surface area contributed by atoms with Gasteiger partial charge in [0.25, 0.3) is 0 Å². The molecule has 1 aliphatic rings. The van der Waals surface area contributed by atoms with Gasteiger partial charge in [-0.25, -0.2) is 4.39 Å². The highest BCUT2D eigenvalue weighted by molar-refractivity contribution is 5.32. The zero-order valence-corrected chi connectivity index (χ0v) is 7.51. The van der Waals surface area contributed by atoms with E-state index in [1.54, 1.807) is 13.2 Å². The summed E-state index contributed by atoms with van der Waals surface area (Å²) >= 11 is 0. The number of benzene rings is 1. The summed E-state index contributed by atoms with van der Waals surface area (Å²) in [7, 11) is 1.55. The third kappa shape index (κ3) is 1.65. The van der Waals surface area contributed by atoms with E-state index in [4.69, 9.17) is 4.74 Å². The van der Waals surface area contributed by atoms with Gasteiger partial charge in [0.05, 0.1) is 7.11 Å². The zero-order valence-electron chi connectivity index (χ0n) is 7.51. The van der Waals surface area contributed by atoms with E-state index in [2.05, 4.69) is 5.32 Å². The number of hydrogen-bond acceptors (Lipinski definition) is 2. The fourth-order valence-corrected chi connectivity index (χ4v) is 1.48. The van der Waals surface area contributed by atoms with Gasteiger partial charge in [0, 0.05) is 12.1 Å². The van der Waals surface area contributed by atoms with Crippen molar-refractivity contribution < 1.29 is 9.13 Å². The van der Waals surface area contributed by atoms with Crippen molar-refractivity contribution in [2.45, 2.75) is 12.5 Å². The van der Waals surface area contributed by atoms with Gasteiger partial charge in [-0.05, 0) is 30.7 Å². The van der Waals surface area contributed by atoms with Crippen LogP contribution in [0, 0.1) is 5.82 Å². The molecule has 13 heavy (non-hydrogen) atoms. The molecule has 0 radical (unpaired) electrons. The molecular weight excluding hydrogens is 169 g/mol. The SMILES string of the molecule is COc1cc(F)cc(C2CCN2)c1. The number of halogens is 1. The highest BCUT2D eigenvalue weighted by atomic mass is 19.1. The monoisotopic (exact) mass is 181 g/mol. The van der Waals surface area contributed by atoms with Gasteiger partial charge >= 0.3 is 0 Å². The van der Waals surface area contributed by atoms with E-state index in [1.807, 2.05) is 6.07 Å². The van der Waals surface area contributed by atoms with E-state index < -0.39 is 0 Å². The Bertz CT molecular complexity index is 310. The van der Waals surface area contributed by atoms with Crippen molar-refractivity contribution in [1.82, 2.24) is 5.32 Å². The first-order valence-corrected chi connectivity index (χ1v) is 4.37. The van der Waals surface area contributed by atoms with E-state index in [1.165, 1.54) is 6.07 Å². The molecule has 0 bridgehead atoms. The van der Waals surface area contributed by atoms with Crippen LogP contribution in [0.3, 0.4) is 0 Å². The molecule has 2 nitrogen and oxygen atoms in total. The Balaban J connectivity index is 2.28. The van der Waals surface area contributed by atoms with Gasteiger partial charge in [-0.2, -0.15) is 0 Å². The summed E-state index contributed by atoms with van der Waals surface area (Å²) in [4.78, 5) is 0. The lowest BCUT2D eigenvalue weighted by atomic mass is 9.98. The third-order valence-electron chi connectivity index (χ3n) is 2.36. The molecule has 1 atom stereocenters. The van der Waals surface area contributed by atoms with Crippen molar-refractivity contribution in [1.29, 1.82) is 0 Å². The molecule has 0 spiro atoms. The van der Waals surface area contributed by atoms with Crippen LogP contribution < -0.4 is 10.1 Å². The molecule has 1 aromatic carbocycles. The highest BCUT2D eigenvalue weighted by Gasteiger charge is 2.19. The molecule has 1 aromatic rings. The predicted octanol–water partition coefficient (Wildman–Crippen LogP) is 1.87. The van der Waals surface area contributed by atoms with Crippen molar-refractivity contribution in [3.05, 3.63) is 29.6 Å². The molecule has 1 fully saturated rings. The normalized spacial score (nSPS) is 20.9. The van der Waals surface area contributed by atoms with Crippen molar-refractivity contribution in [3.63, 3.8) is 0 Å².